The summed E-state index contributed by atoms with van der Waals surface area (Å²) in [7, 11) is 0. The van der Waals surface area contributed by atoms with Crippen LogP contribution in [0.5, 0.6) is 0 Å². The van der Waals surface area contributed by atoms with Crippen LogP contribution in [0.25, 0.3) is 0 Å². The van der Waals surface area contributed by atoms with Crippen LogP contribution in [-0.4, -0.2) is 36.3 Å². The van der Waals surface area contributed by atoms with Crippen LogP contribution >= 0.6 is 11.8 Å². The van der Waals surface area contributed by atoms with E-state index in [4.69, 9.17) is 4.74 Å². The van der Waals surface area contributed by atoms with Gasteiger partial charge in [0, 0.05) is 35.3 Å². The predicted molar refractivity (Wildman–Crippen MR) is 73.5 cm³/mol. The number of rotatable bonds is 4. The van der Waals surface area contributed by atoms with Gasteiger partial charge in [-0.3, -0.25) is 0 Å². The fourth-order valence-corrected chi connectivity index (χ4v) is 4.98. The van der Waals surface area contributed by atoms with Crippen molar-refractivity contribution < 1.29 is 4.74 Å². The molecule has 0 aromatic heterocycles. The molecule has 2 saturated carbocycles. The Bertz CT molecular complexity index is 295. The largest absolute Gasteiger partial charge is 0.377 e. The van der Waals surface area contributed by atoms with Crippen molar-refractivity contribution >= 4 is 11.8 Å². The molecule has 1 saturated heterocycles. The van der Waals surface area contributed by atoms with Crippen molar-refractivity contribution in [2.24, 2.45) is 11.3 Å². The first kappa shape index (κ1) is 12.3. The third-order valence-electron chi connectivity index (χ3n) is 5.44. The molecule has 0 amide bonds. The number of hydrogen-bond donors (Lipinski definition) is 1. The van der Waals surface area contributed by atoms with Gasteiger partial charge in [0.25, 0.3) is 0 Å². The van der Waals surface area contributed by atoms with Gasteiger partial charge in [-0.15, -0.1) is 0 Å². The minimum Gasteiger partial charge on any atom is -0.377 e. The second-order valence-corrected chi connectivity index (χ2v) is 7.94. The van der Waals surface area contributed by atoms with Gasteiger partial charge >= 0.3 is 0 Å². The molecule has 3 fully saturated rings. The van der Waals surface area contributed by atoms with Crippen molar-refractivity contribution in [2.45, 2.75) is 56.4 Å². The molecule has 17 heavy (non-hydrogen) atoms. The van der Waals surface area contributed by atoms with Crippen LogP contribution in [0.2, 0.25) is 0 Å². The Morgan fingerprint density at radius 2 is 2.12 bits per heavy atom. The highest BCUT2D eigenvalue weighted by molar-refractivity contribution is 8.00. The van der Waals surface area contributed by atoms with E-state index in [0.717, 1.165) is 12.5 Å². The van der Waals surface area contributed by atoms with Gasteiger partial charge in [-0.25, -0.2) is 0 Å². The molecular weight excluding hydrogens is 230 g/mol. The van der Waals surface area contributed by atoms with Crippen molar-refractivity contribution in [1.29, 1.82) is 0 Å². The van der Waals surface area contributed by atoms with Crippen molar-refractivity contribution in [1.82, 2.24) is 5.32 Å². The maximum atomic E-state index is 5.85. The lowest BCUT2D eigenvalue weighted by molar-refractivity contribution is -0.113. The first-order valence-electron chi connectivity index (χ1n) is 6.99. The van der Waals surface area contributed by atoms with Crippen LogP contribution in [0.15, 0.2) is 0 Å². The lowest BCUT2D eigenvalue weighted by Crippen LogP contribution is -2.67. The molecule has 3 heteroatoms. The zero-order valence-corrected chi connectivity index (χ0v) is 12.1. The Morgan fingerprint density at radius 3 is 2.71 bits per heavy atom. The smallest absolute Gasteiger partial charge is 0.0685 e. The second-order valence-electron chi connectivity index (χ2n) is 6.66. The van der Waals surface area contributed by atoms with E-state index in [1.165, 1.54) is 32.2 Å². The van der Waals surface area contributed by atoms with Crippen LogP contribution in [0.1, 0.15) is 39.5 Å². The summed E-state index contributed by atoms with van der Waals surface area (Å²) in [6, 6.07) is 0.680. The van der Waals surface area contributed by atoms with E-state index in [-0.39, 0.29) is 0 Å². The quantitative estimate of drug-likeness (QED) is 0.834. The summed E-state index contributed by atoms with van der Waals surface area (Å²) in [6.45, 7) is 6.91. The van der Waals surface area contributed by atoms with Gasteiger partial charge in [-0.1, -0.05) is 20.3 Å². The highest BCUT2D eigenvalue weighted by Gasteiger charge is 2.59. The van der Waals surface area contributed by atoms with Crippen molar-refractivity contribution in [3.63, 3.8) is 0 Å². The lowest BCUT2D eigenvalue weighted by Gasteiger charge is -2.56. The van der Waals surface area contributed by atoms with Gasteiger partial charge in [-0.2, -0.15) is 11.8 Å². The van der Waals surface area contributed by atoms with Crippen molar-refractivity contribution in [3.05, 3.63) is 0 Å². The number of hydrogen-bond acceptors (Lipinski definition) is 3. The van der Waals surface area contributed by atoms with E-state index in [2.05, 4.69) is 37.2 Å². The molecule has 1 heterocycles. The van der Waals surface area contributed by atoms with Gasteiger partial charge in [0.15, 0.2) is 0 Å². The minimum atomic E-state index is 0.338. The van der Waals surface area contributed by atoms with Gasteiger partial charge < -0.3 is 10.1 Å². The van der Waals surface area contributed by atoms with E-state index in [1.807, 2.05) is 0 Å². The molecule has 2 aliphatic carbocycles. The summed E-state index contributed by atoms with van der Waals surface area (Å²) in [6.07, 6.45) is 8.28. The molecule has 98 valence electrons. The molecular formula is C14H25NOS. The topological polar surface area (TPSA) is 21.3 Å². The molecule has 0 bridgehead atoms. The van der Waals surface area contributed by atoms with E-state index < -0.39 is 0 Å². The summed E-state index contributed by atoms with van der Waals surface area (Å²) >= 11 is 2.07. The Labute approximate surface area is 109 Å². The van der Waals surface area contributed by atoms with Gasteiger partial charge in [0.05, 0.1) is 6.10 Å². The predicted octanol–water partition coefficient (Wildman–Crippen LogP) is 2.68. The zero-order chi connectivity index (χ0) is 12.1. The summed E-state index contributed by atoms with van der Waals surface area (Å²) in [5.41, 5.74) is 0.338. The summed E-state index contributed by atoms with van der Waals surface area (Å²) in [5, 5.41) is 3.87. The molecule has 3 atom stereocenters. The molecule has 3 unspecified atom stereocenters. The van der Waals surface area contributed by atoms with Gasteiger partial charge in [-0.05, 0) is 25.5 Å². The van der Waals surface area contributed by atoms with Gasteiger partial charge in [0.2, 0.25) is 0 Å². The Morgan fingerprint density at radius 1 is 1.35 bits per heavy atom. The summed E-state index contributed by atoms with van der Waals surface area (Å²) in [4.78, 5) is 0. The van der Waals surface area contributed by atoms with E-state index in [1.54, 1.807) is 0 Å². The van der Waals surface area contributed by atoms with E-state index >= 15 is 0 Å². The van der Waals surface area contributed by atoms with Crippen LogP contribution in [0.3, 0.4) is 0 Å². The highest BCUT2D eigenvalue weighted by atomic mass is 32.2. The molecule has 3 rings (SSSR count). The molecule has 0 aromatic carbocycles. The van der Waals surface area contributed by atoms with E-state index in [0.29, 0.717) is 22.3 Å². The first-order valence-corrected chi connectivity index (χ1v) is 8.22. The third kappa shape index (κ3) is 1.77. The summed E-state index contributed by atoms with van der Waals surface area (Å²) < 4.78 is 6.41. The molecule has 2 nitrogen and oxygen atoms in total. The maximum Gasteiger partial charge on any atom is 0.0685 e. The third-order valence-corrected chi connectivity index (χ3v) is 6.86. The van der Waals surface area contributed by atoms with E-state index in [9.17, 15) is 0 Å². The molecule has 1 aliphatic heterocycles. The number of nitrogens with one attached hydrogen (secondary N) is 1. The molecule has 1 N–H and O–H groups in total. The van der Waals surface area contributed by atoms with Crippen LogP contribution in [-0.2, 0) is 4.74 Å². The average molecular weight is 255 g/mol. The monoisotopic (exact) mass is 255 g/mol. The second kappa shape index (κ2) is 4.14. The zero-order valence-electron chi connectivity index (χ0n) is 11.3. The Hall–Kier alpha value is 0.270. The molecule has 0 radical (unpaired) electrons. The molecule has 0 spiro atoms. The lowest BCUT2D eigenvalue weighted by atomic mass is 9.57. The molecule has 3 aliphatic rings. The first-order chi connectivity index (χ1) is 8.09. The van der Waals surface area contributed by atoms with Crippen LogP contribution in [0, 0.1) is 11.3 Å². The van der Waals surface area contributed by atoms with Crippen LogP contribution < -0.4 is 5.32 Å². The fraction of sp³-hybridized carbons (Fsp3) is 1.00. The highest BCUT2D eigenvalue weighted by Crippen LogP contribution is 2.52. The molecule has 0 aromatic rings. The normalized spacial score (nSPS) is 41.5. The fourth-order valence-electron chi connectivity index (χ4n) is 4.06. The minimum absolute atomic E-state index is 0.338. The van der Waals surface area contributed by atoms with Crippen molar-refractivity contribution in [3.8, 4) is 0 Å². The Kier molecular flexibility index (Phi) is 3.00. The van der Waals surface area contributed by atoms with Crippen LogP contribution in [0.4, 0.5) is 0 Å². The number of ether oxygens (including phenoxy) is 1. The SMILES string of the molecule is CSC1(CNC2C3CCOC3C2(C)C)CCC1. The number of fused-ring (bicyclic) bond motifs is 1. The Balaban J connectivity index is 1.58. The standard InChI is InChI=1S/C14H25NOS/c1-13(2)11(10-5-8-16-12(10)13)15-9-14(17-3)6-4-7-14/h10-12,15H,4-9H2,1-3H3. The number of thioether (sulfide) groups is 1. The van der Waals surface area contributed by atoms with Gasteiger partial charge in [0.1, 0.15) is 0 Å². The summed E-state index contributed by atoms with van der Waals surface area (Å²) in [5.74, 6) is 0.781. The van der Waals surface area contributed by atoms with Crippen molar-refractivity contribution in [2.75, 3.05) is 19.4 Å². The maximum absolute atomic E-state index is 5.85. The average Bonchev–Trinajstić information content (AvgIpc) is 2.68.